The molecule has 25 heavy (non-hydrogen) atoms. The van der Waals surface area contributed by atoms with Crippen LogP contribution in [0.15, 0.2) is 54.6 Å². The average Bonchev–Trinajstić information content (AvgIpc) is 2.63. The van der Waals surface area contributed by atoms with Gasteiger partial charge in [-0.25, -0.2) is 0 Å². The van der Waals surface area contributed by atoms with Crippen molar-refractivity contribution in [3.8, 4) is 0 Å². The number of benzene rings is 2. The molecule has 3 rings (SSSR count). The summed E-state index contributed by atoms with van der Waals surface area (Å²) in [6.45, 7) is 6.47. The van der Waals surface area contributed by atoms with Crippen LogP contribution in [0.25, 0.3) is 0 Å². The maximum atomic E-state index is 12.3. The summed E-state index contributed by atoms with van der Waals surface area (Å²) in [5.41, 5.74) is 3.03. The van der Waals surface area contributed by atoms with Gasteiger partial charge in [-0.15, -0.1) is 0 Å². The Morgan fingerprint density at radius 1 is 1.04 bits per heavy atom. The van der Waals surface area contributed by atoms with Crippen LogP contribution >= 0.6 is 12.2 Å². The molecule has 1 fully saturated rings. The quantitative estimate of drug-likeness (QED) is 0.861. The third-order valence-corrected chi connectivity index (χ3v) is 4.77. The van der Waals surface area contributed by atoms with E-state index in [4.69, 9.17) is 12.2 Å². The maximum absolute atomic E-state index is 12.3. The van der Waals surface area contributed by atoms with Gasteiger partial charge in [0.15, 0.2) is 5.11 Å². The zero-order valence-corrected chi connectivity index (χ0v) is 15.3. The fraction of sp³-hybridized carbons (Fsp3) is 0.300. The van der Waals surface area contributed by atoms with Crippen molar-refractivity contribution >= 4 is 23.2 Å². The summed E-state index contributed by atoms with van der Waals surface area (Å²) in [6, 6.07) is 18.0. The number of carbonyl (C=O) groups excluding carboxylic acids is 1. The second-order valence-electron chi connectivity index (χ2n) is 6.38. The van der Waals surface area contributed by atoms with Gasteiger partial charge in [0, 0.05) is 38.3 Å². The Kier molecular flexibility index (Phi) is 5.79. The van der Waals surface area contributed by atoms with E-state index in [0.717, 1.165) is 38.3 Å². The van der Waals surface area contributed by atoms with Crippen molar-refractivity contribution in [2.75, 3.05) is 26.2 Å². The molecule has 2 aromatic carbocycles. The van der Waals surface area contributed by atoms with Crippen LogP contribution in [0.4, 0.5) is 0 Å². The molecule has 0 saturated carbocycles. The number of aryl methyl sites for hydroxylation is 1. The molecule has 0 bridgehead atoms. The molecule has 0 atom stereocenters. The lowest BCUT2D eigenvalue weighted by Crippen LogP contribution is -2.52. The molecule has 0 radical (unpaired) electrons. The van der Waals surface area contributed by atoms with Crippen molar-refractivity contribution in [1.29, 1.82) is 0 Å². The first-order chi connectivity index (χ1) is 12.1. The summed E-state index contributed by atoms with van der Waals surface area (Å²) < 4.78 is 0. The van der Waals surface area contributed by atoms with Gasteiger partial charge in [-0.1, -0.05) is 48.0 Å². The Labute approximate surface area is 154 Å². The predicted octanol–water partition coefficient (Wildman–Crippen LogP) is 2.83. The molecular weight excluding hydrogens is 330 g/mol. The van der Waals surface area contributed by atoms with E-state index in [9.17, 15) is 4.79 Å². The smallest absolute Gasteiger partial charge is 0.257 e. The van der Waals surface area contributed by atoms with Crippen molar-refractivity contribution in [3.63, 3.8) is 0 Å². The van der Waals surface area contributed by atoms with Crippen LogP contribution in [0.5, 0.6) is 0 Å². The standard InChI is InChI=1S/C20H23N3OS/c1-16-6-5-9-18(14-16)19(24)21-20(25)23-12-10-22(11-13-23)15-17-7-3-2-4-8-17/h2-9,14H,10-13,15H2,1H3,(H,21,24,25). The van der Waals surface area contributed by atoms with E-state index in [-0.39, 0.29) is 5.91 Å². The van der Waals surface area contributed by atoms with Crippen LogP contribution < -0.4 is 5.32 Å². The largest absolute Gasteiger partial charge is 0.346 e. The lowest BCUT2D eigenvalue weighted by molar-refractivity contribution is 0.0969. The first-order valence-corrected chi connectivity index (χ1v) is 8.96. The third-order valence-electron chi connectivity index (χ3n) is 4.41. The zero-order valence-electron chi connectivity index (χ0n) is 14.4. The SMILES string of the molecule is Cc1cccc(C(=O)NC(=S)N2CCN(Cc3ccccc3)CC2)c1. The Morgan fingerprint density at radius 3 is 2.44 bits per heavy atom. The first kappa shape index (κ1) is 17.6. The highest BCUT2D eigenvalue weighted by Crippen LogP contribution is 2.09. The highest BCUT2D eigenvalue weighted by molar-refractivity contribution is 7.80. The van der Waals surface area contributed by atoms with Gasteiger partial charge in [-0.05, 0) is 36.8 Å². The van der Waals surface area contributed by atoms with Crippen LogP contribution in [-0.4, -0.2) is 47.0 Å². The van der Waals surface area contributed by atoms with Gasteiger partial charge in [-0.3, -0.25) is 15.0 Å². The monoisotopic (exact) mass is 353 g/mol. The van der Waals surface area contributed by atoms with E-state index in [2.05, 4.69) is 39.4 Å². The van der Waals surface area contributed by atoms with Crippen molar-refractivity contribution in [2.45, 2.75) is 13.5 Å². The van der Waals surface area contributed by atoms with Gasteiger partial charge in [0.1, 0.15) is 0 Å². The molecule has 4 nitrogen and oxygen atoms in total. The zero-order chi connectivity index (χ0) is 17.6. The molecule has 1 saturated heterocycles. The molecule has 1 amide bonds. The van der Waals surface area contributed by atoms with Gasteiger partial charge in [0.25, 0.3) is 5.91 Å². The van der Waals surface area contributed by atoms with Gasteiger partial charge in [0.05, 0.1) is 0 Å². The average molecular weight is 353 g/mol. The number of hydrogen-bond acceptors (Lipinski definition) is 3. The molecule has 5 heteroatoms. The second kappa shape index (κ2) is 8.23. The van der Waals surface area contributed by atoms with Gasteiger partial charge >= 0.3 is 0 Å². The van der Waals surface area contributed by atoms with E-state index in [0.29, 0.717) is 10.7 Å². The van der Waals surface area contributed by atoms with Crippen molar-refractivity contribution < 1.29 is 4.79 Å². The van der Waals surface area contributed by atoms with Crippen molar-refractivity contribution in [2.24, 2.45) is 0 Å². The summed E-state index contributed by atoms with van der Waals surface area (Å²) in [4.78, 5) is 16.8. The number of carbonyl (C=O) groups is 1. The predicted molar refractivity (Wildman–Crippen MR) is 105 cm³/mol. The fourth-order valence-corrected chi connectivity index (χ4v) is 3.26. The number of hydrogen-bond donors (Lipinski definition) is 1. The highest BCUT2D eigenvalue weighted by Gasteiger charge is 2.20. The molecule has 1 N–H and O–H groups in total. The molecular formula is C20H23N3OS. The van der Waals surface area contributed by atoms with E-state index < -0.39 is 0 Å². The molecule has 130 valence electrons. The van der Waals surface area contributed by atoms with E-state index in [1.807, 2.05) is 37.3 Å². The van der Waals surface area contributed by atoms with Crippen LogP contribution in [0.1, 0.15) is 21.5 Å². The lowest BCUT2D eigenvalue weighted by atomic mass is 10.1. The minimum atomic E-state index is -0.139. The fourth-order valence-electron chi connectivity index (χ4n) is 2.99. The van der Waals surface area contributed by atoms with Crippen molar-refractivity contribution in [3.05, 3.63) is 71.3 Å². The number of piperazine rings is 1. The molecule has 0 spiro atoms. The summed E-state index contributed by atoms with van der Waals surface area (Å²) in [6.07, 6.45) is 0. The van der Waals surface area contributed by atoms with Crippen LogP contribution in [0, 0.1) is 6.92 Å². The molecule has 1 aliphatic rings. The summed E-state index contributed by atoms with van der Waals surface area (Å²) in [7, 11) is 0. The highest BCUT2D eigenvalue weighted by atomic mass is 32.1. The second-order valence-corrected chi connectivity index (χ2v) is 6.76. The van der Waals surface area contributed by atoms with Gasteiger partial charge in [0.2, 0.25) is 0 Å². The van der Waals surface area contributed by atoms with Crippen LogP contribution in [0.3, 0.4) is 0 Å². The number of thiocarbonyl (C=S) groups is 1. The van der Waals surface area contributed by atoms with E-state index in [1.165, 1.54) is 5.56 Å². The molecule has 1 aliphatic heterocycles. The van der Waals surface area contributed by atoms with Crippen molar-refractivity contribution in [1.82, 2.24) is 15.1 Å². The third kappa shape index (κ3) is 4.87. The Bertz CT molecular complexity index is 740. The number of nitrogens with zero attached hydrogens (tertiary/aromatic N) is 2. The number of amides is 1. The summed E-state index contributed by atoms with van der Waals surface area (Å²) in [5.74, 6) is -0.139. The molecule has 0 aliphatic carbocycles. The number of nitrogens with one attached hydrogen (secondary N) is 1. The Hall–Kier alpha value is -2.24. The maximum Gasteiger partial charge on any atom is 0.257 e. The van der Waals surface area contributed by atoms with Crippen LogP contribution in [0.2, 0.25) is 0 Å². The normalized spacial score (nSPS) is 15.0. The Morgan fingerprint density at radius 2 is 1.76 bits per heavy atom. The lowest BCUT2D eigenvalue weighted by Gasteiger charge is -2.36. The molecule has 1 heterocycles. The minimum absolute atomic E-state index is 0.139. The summed E-state index contributed by atoms with van der Waals surface area (Å²) in [5, 5.41) is 3.38. The molecule has 2 aromatic rings. The summed E-state index contributed by atoms with van der Waals surface area (Å²) >= 11 is 5.43. The van der Waals surface area contributed by atoms with E-state index in [1.54, 1.807) is 0 Å². The van der Waals surface area contributed by atoms with Crippen LogP contribution in [-0.2, 0) is 6.54 Å². The topological polar surface area (TPSA) is 35.6 Å². The minimum Gasteiger partial charge on any atom is -0.346 e. The van der Waals surface area contributed by atoms with Gasteiger partial charge < -0.3 is 4.90 Å². The first-order valence-electron chi connectivity index (χ1n) is 8.55. The Balaban J connectivity index is 1.49. The van der Waals surface area contributed by atoms with E-state index >= 15 is 0 Å². The number of rotatable bonds is 3. The molecule has 0 aromatic heterocycles. The van der Waals surface area contributed by atoms with Gasteiger partial charge in [-0.2, -0.15) is 0 Å². The molecule has 0 unspecified atom stereocenters.